The van der Waals surface area contributed by atoms with E-state index in [-0.39, 0.29) is 0 Å². The molecule has 0 aliphatic heterocycles. The van der Waals surface area contributed by atoms with Crippen LogP contribution >= 0.6 is 0 Å². The average molecular weight is 132 g/mol. The van der Waals surface area contributed by atoms with Gasteiger partial charge in [-0.15, -0.1) is 0 Å². The van der Waals surface area contributed by atoms with E-state index in [1.165, 1.54) is 0 Å². The van der Waals surface area contributed by atoms with Crippen LogP contribution in [-0.2, 0) is 0 Å². The zero-order valence-electron chi connectivity index (χ0n) is 6.60. The highest BCUT2D eigenvalue weighted by Gasteiger charge is 1.98. The molecule has 0 atom stereocenters. The minimum Gasteiger partial charge on any atom is -0.509 e. The fourth-order valence-electron chi connectivity index (χ4n) is 1.02. The Labute approximate surface area is 62.9 Å². The molecule has 0 aromatic heterocycles. The molecule has 1 nitrogen and oxygen atoms in total. The van der Waals surface area contributed by atoms with Crippen molar-refractivity contribution in [3.63, 3.8) is 0 Å². The van der Waals surface area contributed by atoms with Gasteiger partial charge in [-0.25, -0.2) is 0 Å². The molecule has 1 rings (SSSR count). The molecule has 0 aliphatic rings. The number of phenolic OH excluding ortho intramolecular Hbond substituents is 1. The molecule has 0 saturated carbocycles. The maximum Gasteiger partial charge on any atom is 0.144 e. The van der Waals surface area contributed by atoms with Crippen molar-refractivity contribution in [3.8, 4) is 5.75 Å². The summed E-state index contributed by atoms with van der Waals surface area (Å²) in [6.45, 7) is 2.00. The predicted molar refractivity (Wildman–Crippen MR) is 49.2 cm³/mol. The average Bonchev–Trinajstić information content (AvgIpc) is 1.82. The van der Waals surface area contributed by atoms with Crippen LogP contribution in [0.1, 0.15) is 5.56 Å². The van der Waals surface area contributed by atoms with Crippen molar-refractivity contribution < 1.29 is 5.11 Å². The molecule has 0 fully saturated rings. The van der Waals surface area contributed by atoms with Gasteiger partial charge in [-0.1, -0.05) is 17.1 Å². The number of phenols is 1. The van der Waals surface area contributed by atoms with Gasteiger partial charge in [0.1, 0.15) is 21.4 Å². The predicted octanol–water partition coefficient (Wildman–Crippen LogP) is -1.78. The first-order valence-electron chi connectivity index (χ1n) is 3.38. The lowest BCUT2D eigenvalue weighted by atomic mass is 9.84. The lowest BCUT2D eigenvalue weighted by Gasteiger charge is -2.03. The molecular weight excluding hydrogens is 122 g/mol. The van der Waals surface area contributed by atoms with Gasteiger partial charge >= 0.3 is 0 Å². The van der Waals surface area contributed by atoms with Gasteiger partial charge in [0.05, 0.1) is 0 Å². The maximum atomic E-state index is 9.28. The van der Waals surface area contributed by atoms with Crippen molar-refractivity contribution in [2.24, 2.45) is 0 Å². The van der Waals surface area contributed by atoms with Gasteiger partial charge in [0, 0.05) is 0 Å². The van der Waals surface area contributed by atoms with E-state index in [1.54, 1.807) is 6.07 Å². The number of hydrogen-bond acceptors (Lipinski definition) is 1. The zero-order valence-corrected chi connectivity index (χ0v) is 6.60. The molecule has 1 aromatic carbocycles. The van der Waals surface area contributed by atoms with Crippen LogP contribution in [0, 0.1) is 6.92 Å². The Morgan fingerprint density at radius 2 is 1.90 bits per heavy atom. The van der Waals surface area contributed by atoms with Gasteiger partial charge in [0.2, 0.25) is 0 Å². The summed E-state index contributed by atoms with van der Waals surface area (Å²) in [4.78, 5) is 0. The van der Waals surface area contributed by atoms with Crippen molar-refractivity contribution in [1.29, 1.82) is 0 Å². The summed E-state index contributed by atoms with van der Waals surface area (Å²) in [5.41, 5.74) is 3.24. The van der Waals surface area contributed by atoms with Gasteiger partial charge in [-0.05, 0) is 18.5 Å². The van der Waals surface area contributed by atoms with Crippen molar-refractivity contribution in [2.45, 2.75) is 6.92 Å². The largest absolute Gasteiger partial charge is 0.509 e. The Kier molecular flexibility index (Phi) is 1.75. The molecule has 0 bridgehead atoms. The van der Waals surface area contributed by atoms with Crippen molar-refractivity contribution in [3.05, 3.63) is 17.7 Å². The van der Waals surface area contributed by atoms with E-state index in [0.29, 0.717) is 5.75 Å². The number of hydrogen-bond donors (Lipinski definition) is 1. The van der Waals surface area contributed by atoms with Crippen LogP contribution in [0.3, 0.4) is 0 Å². The second-order valence-corrected chi connectivity index (χ2v) is 2.73. The molecule has 0 aliphatic carbocycles. The van der Waals surface area contributed by atoms with Crippen LogP contribution in [-0.4, -0.2) is 20.8 Å². The first kappa shape index (κ1) is 7.26. The van der Waals surface area contributed by atoms with Crippen molar-refractivity contribution in [1.82, 2.24) is 0 Å². The molecule has 0 radical (unpaired) electrons. The highest BCUT2D eigenvalue weighted by molar-refractivity contribution is 6.37. The highest BCUT2D eigenvalue weighted by atomic mass is 16.3. The number of aryl methyl sites for hydroxylation is 1. The van der Waals surface area contributed by atoms with Crippen LogP contribution in [0.4, 0.5) is 0 Å². The Morgan fingerprint density at radius 3 is 2.40 bits per heavy atom. The quantitative estimate of drug-likeness (QED) is 0.413. The van der Waals surface area contributed by atoms with Gasteiger partial charge in [-0.3, -0.25) is 0 Å². The SMILES string of the molecule is Bc1cc(C)c(B)c(O)c1. The van der Waals surface area contributed by atoms with Gasteiger partial charge in [0.25, 0.3) is 0 Å². The Balaban J connectivity index is 3.31. The fourth-order valence-corrected chi connectivity index (χ4v) is 1.02. The lowest BCUT2D eigenvalue weighted by molar-refractivity contribution is 0.480. The van der Waals surface area contributed by atoms with Gasteiger partial charge < -0.3 is 5.11 Å². The van der Waals surface area contributed by atoms with E-state index in [4.69, 9.17) is 0 Å². The normalized spacial score (nSPS) is 9.70. The van der Waals surface area contributed by atoms with Crippen molar-refractivity contribution in [2.75, 3.05) is 0 Å². The smallest absolute Gasteiger partial charge is 0.144 e. The van der Waals surface area contributed by atoms with Crippen LogP contribution in [0.2, 0.25) is 0 Å². The van der Waals surface area contributed by atoms with Crippen LogP contribution in [0.15, 0.2) is 12.1 Å². The summed E-state index contributed by atoms with van der Waals surface area (Å²) >= 11 is 0. The molecule has 0 saturated heterocycles. The minimum absolute atomic E-state index is 0.400. The molecule has 50 valence electrons. The van der Waals surface area contributed by atoms with E-state index < -0.39 is 0 Å². The van der Waals surface area contributed by atoms with Crippen LogP contribution in [0.5, 0.6) is 5.75 Å². The first-order chi connectivity index (χ1) is 4.61. The summed E-state index contributed by atoms with van der Waals surface area (Å²) in [5, 5.41) is 9.28. The third-order valence-corrected chi connectivity index (χ3v) is 1.78. The Bertz CT molecular complexity index is 235. The fraction of sp³-hybridized carbons (Fsp3) is 0.143. The summed E-state index contributed by atoms with van der Waals surface area (Å²) in [5.74, 6) is 0.400. The monoisotopic (exact) mass is 132 g/mol. The van der Waals surface area contributed by atoms with Gasteiger partial charge in [-0.2, -0.15) is 0 Å². The Hall–Kier alpha value is -0.850. The summed E-state index contributed by atoms with van der Waals surface area (Å²) in [7, 11) is 3.90. The van der Waals surface area contributed by atoms with E-state index in [0.717, 1.165) is 16.5 Å². The molecule has 10 heavy (non-hydrogen) atoms. The van der Waals surface area contributed by atoms with E-state index >= 15 is 0 Å². The molecule has 0 heterocycles. The summed E-state index contributed by atoms with van der Waals surface area (Å²) in [6, 6.07) is 3.84. The molecule has 1 N–H and O–H groups in total. The Morgan fingerprint density at radius 1 is 1.30 bits per heavy atom. The molecule has 0 unspecified atom stereocenters. The highest BCUT2D eigenvalue weighted by Crippen LogP contribution is 2.02. The third-order valence-electron chi connectivity index (χ3n) is 1.78. The second-order valence-electron chi connectivity index (χ2n) is 2.73. The van der Waals surface area contributed by atoms with E-state index in [1.807, 2.05) is 22.6 Å². The molecule has 0 amide bonds. The zero-order chi connectivity index (χ0) is 7.72. The standard InChI is InChI=1S/C7H10B2O/c1-4-2-5(8)3-6(10)7(4)9/h2-3,10H,8-9H2,1H3. The second kappa shape index (κ2) is 2.41. The topological polar surface area (TPSA) is 20.2 Å². The van der Waals surface area contributed by atoms with E-state index in [2.05, 4.69) is 6.07 Å². The molecule has 1 aromatic rings. The summed E-state index contributed by atoms with van der Waals surface area (Å²) < 4.78 is 0. The van der Waals surface area contributed by atoms with E-state index in [9.17, 15) is 5.11 Å². The first-order valence-corrected chi connectivity index (χ1v) is 3.38. The summed E-state index contributed by atoms with van der Waals surface area (Å²) in [6.07, 6.45) is 0. The van der Waals surface area contributed by atoms with Crippen molar-refractivity contribution >= 4 is 26.6 Å². The molecular formula is C7H10B2O. The van der Waals surface area contributed by atoms with Crippen LogP contribution < -0.4 is 10.9 Å². The maximum absolute atomic E-state index is 9.28. The number of benzene rings is 1. The molecule has 0 spiro atoms. The number of aromatic hydroxyl groups is 1. The third kappa shape index (κ3) is 1.18. The lowest BCUT2D eigenvalue weighted by Crippen LogP contribution is -2.14. The minimum atomic E-state index is 0.400. The number of rotatable bonds is 0. The van der Waals surface area contributed by atoms with Crippen LogP contribution in [0.25, 0.3) is 0 Å². The van der Waals surface area contributed by atoms with Gasteiger partial charge in [0.15, 0.2) is 0 Å². The molecule has 3 heteroatoms.